The summed E-state index contributed by atoms with van der Waals surface area (Å²) in [6.07, 6.45) is 11.4. The average Bonchev–Trinajstić information content (AvgIpc) is 3.68. The van der Waals surface area contributed by atoms with Crippen molar-refractivity contribution in [2.24, 2.45) is 11.8 Å². The van der Waals surface area contributed by atoms with Crippen LogP contribution in [0.5, 0.6) is 0 Å². The predicted molar refractivity (Wildman–Crippen MR) is 168 cm³/mol. The molecule has 10 nitrogen and oxygen atoms in total. The lowest BCUT2D eigenvalue weighted by Gasteiger charge is -2.36. The van der Waals surface area contributed by atoms with Gasteiger partial charge in [-0.3, -0.25) is 19.2 Å². The zero-order valence-electron chi connectivity index (χ0n) is 26.4. The predicted octanol–water partition coefficient (Wildman–Crippen LogP) is 3.46. The second-order valence-electron chi connectivity index (χ2n) is 12.6. The van der Waals surface area contributed by atoms with E-state index in [4.69, 9.17) is 9.47 Å². The Balaban J connectivity index is 1.52. The minimum atomic E-state index is -1.27. The fourth-order valence-electron chi connectivity index (χ4n) is 7.26. The van der Waals surface area contributed by atoms with Crippen LogP contribution in [0.15, 0.2) is 54.6 Å². The number of carbonyl (C=O) groups excluding carboxylic acids is 4. The molecule has 3 amide bonds. The first-order chi connectivity index (χ1) is 21.8. The second-order valence-corrected chi connectivity index (χ2v) is 12.6. The lowest BCUT2D eigenvalue weighted by Crippen LogP contribution is -2.56. The molecule has 0 radical (unpaired) electrons. The van der Waals surface area contributed by atoms with Crippen molar-refractivity contribution in [1.29, 1.82) is 0 Å². The number of aliphatic hydroxyl groups is 1. The highest BCUT2D eigenvalue weighted by atomic mass is 16.6. The molecule has 1 aromatic carbocycles. The normalized spacial score (nSPS) is 32.5. The summed E-state index contributed by atoms with van der Waals surface area (Å²) in [7, 11) is 0. The number of ether oxygens (including phenoxy) is 2. The van der Waals surface area contributed by atoms with Gasteiger partial charge in [0.25, 0.3) is 0 Å². The highest BCUT2D eigenvalue weighted by Gasteiger charge is 2.73. The summed E-state index contributed by atoms with van der Waals surface area (Å²) < 4.78 is 12.7. The van der Waals surface area contributed by atoms with Gasteiger partial charge in [-0.2, -0.15) is 0 Å². The van der Waals surface area contributed by atoms with E-state index in [2.05, 4.69) is 12.2 Å². The van der Waals surface area contributed by atoms with Crippen molar-refractivity contribution in [1.82, 2.24) is 15.1 Å². The fourth-order valence-corrected chi connectivity index (χ4v) is 7.26. The van der Waals surface area contributed by atoms with E-state index in [0.717, 1.165) is 31.2 Å². The molecule has 2 N–H and O–H groups in total. The number of nitrogens with one attached hydrogen (secondary N) is 1. The van der Waals surface area contributed by atoms with Crippen molar-refractivity contribution in [2.75, 3.05) is 26.2 Å². The summed E-state index contributed by atoms with van der Waals surface area (Å²) in [5.41, 5.74) is -0.537. The number of allylic oxidation sites excluding steroid dienone is 1. The van der Waals surface area contributed by atoms with Gasteiger partial charge in [-0.15, -0.1) is 0 Å². The van der Waals surface area contributed by atoms with Crippen LogP contribution in [-0.2, 0) is 28.7 Å². The number of rotatable bonds is 10. The quantitative estimate of drug-likeness (QED) is 0.233. The summed E-state index contributed by atoms with van der Waals surface area (Å²) in [6.45, 7) is 5.22. The van der Waals surface area contributed by atoms with Crippen LogP contribution in [0, 0.1) is 11.8 Å². The second kappa shape index (κ2) is 14.7. The molecular weight excluding hydrogens is 574 g/mol. The fraction of sp³-hybridized carbons (Fsp3) is 0.600. The van der Waals surface area contributed by atoms with Crippen LogP contribution in [0.1, 0.15) is 76.9 Å². The Hall–Kier alpha value is -3.50. The molecule has 0 saturated carbocycles. The van der Waals surface area contributed by atoms with E-state index in [-0.39, 0.29) is 30.7 Å². The molecule has 7 atom stereocenters. The third-order valence-corrected chi connectivity index (χ3v) is 9.52. The molecule has 0 aromatic heterocycles. The zero-order chi connectivity index (χ0) is 32.0. The van der Waals surface area contributed by atoms with Gasteiger partial charge in [-0.25, -0.2) is 0 Å². The largest absolute Gasteiger partial charge is 0.455 e. The Kier molecular flexibility index (Phi) is 10.8. The molecule has 4 heterocycles. The minimum Gasteiger partial charge on any atom is -0.455 e. The molecule has 2 saturated heterocycles. The summed E-state index contributed by atoms with van der Waals surface area (Å²) in [5, 5.41) is 12.2. The lowest BCUT2D eigenvalue weighted by molar-refractivity contribution is -0.161. The van der Waals surface area contributed by atoms with Crippen molar-refractivity contribution in [2.45, 2.75) is 95.1 Å². The van der Waals surface area contributed by atoms with Gasteiger partial charge >= 0.3 is 5.97 Å². The molecule has 1 aromatic rings. The van der Waals surface area contributed by atoms with Crippen LogP contribution >= 0.6 is 0 Å². The van der Waals surface area contributed by atoms with E-state index in [1.54, 1.807) is 15.9 Å². The van der Waals surface area contributed by atoms with Gasteiger partial charge in [-0.05, 0) is 38.2 Å². The van der Waals surface area contributed by atoms with Crippen molar-refractivity contribution < 1.29 is 33.8 Å². The highest BCUT2D eigenvalue weighted by molar-refractivity contribution is 5.99. The first-order valence-corrected chi connectivity index (χ1v) is 16.6. The number of aliphatic hydroxyl groups excluding tert-OH is 1. The molecule has 5 rings (SSSR count). The van der Waals surface area contributed by atoms with Crippen LogP contribution in [0.4, 0.5) is 0 Å². The molecule has 2 fully saturated rings. The molecule has 0 aliphatic carbocycles. The number of unbranched alkanes of at least 4 members (excludes halogenated alkanes) is 4. The van der Waals surface area contributed by atoms with Crippen molar-refractivity contribution in [3.05, 3.63) is 60.2 Å². The van der Waals surface area contributed by atoms with E-state index < -0.39 is 47.7 Å². The number of amides is 3. The van der Waals surface area contributed by atoms with Crippen LogP contribution < -0.4 is 5.32 Å². The van der Waals surface area contributed by atoms with Gasteiger partial charge in [0.1, 0.15) is 23.7 Å². The topological polar surface area (TPSA) is 125 Å². The lowest BCUT2D eigenvalue weighted by atomic mass is 9.74. The third kappa shape index (κ3) is 6.72. The van der Waals surface area contributed by atoms with Gasteiger partial charge in [-0.1, -0.05) is 80.8 Å². The number of carbonyl (C=O) groups is 4. The molecule has 1 spiro atoms. The third-order valence-electron chi connectivity index (χ3n) is 9.52. The molecule has 4 aliphatic heterocycles. The van der Waals surface area contributed by atoms with Crippen LogP contribution in [0.3, 0.4) is 0 Å². The minimum absolute atomic E-state index is 0.116. The number of benzene rings is 1. The maximum absolute atomic E-state index is 14.5. The molecule has 45 heavy (non-hydrogen) atoms. The maximum atomic E-state index is 14.5. The number of esters is 1. The molecular formula is C35H47N3O7. The van der Waals surface area contributed by atoms with Crippen LogP contribution in [0.2, 0.25) is 0 Å². The van der Waals surface area contributed by atoms with E-state index in [0.29, 0.717) is 38.9 Å². The number of nitrogens with zero attached hydrogens (tertiary/aromatic N) is 2. The number of fused-ring (bicyclic) bond motifs is 2. The van der Waals surface area contributed by atoms with Crippen molar-refractivity contribution >= 4 is 23.7 Å². The van der Waals surface area contributed by atoms with E-state index in [9.17, 15) is 24.3 Å². The molecule has 10 heteroatoms. The van der Waals surface area contributed by atoms with E-state index >= 15 is 0 Å². The van der Waals surface area contributed by atoms with Gasteiger partial charge in [0, 0.05) is 32.7 Å². The standard InChI is InChI=1S/C35H47N3O7/c1-3-4-20-37-21-12-8-11-17-27(40)36-24(2)30(25-15-9-7-10-16-25)44-34(43)28-26-18-19-35(45-26)29(28)32(41)38(31(35)33(37)42)22-13-5-6-14-23-39/h7-10,12,15-16,18-19,24,26,28-31,39H,3-6,11,13-14,17,20-23H2,1-2H3,(H,36,40)/b12-8-/t24-,26+,28-,29-,30+,31+,35-/m0/s1. The summed E-state index contributed by atoms with van der Waals surface area (Å²) in [6, 6.07) is 7.84. The molecule has 5 bridgehead atoms. The summed E-state index contributed by atoms with van der Waals surface area (Å²) >= 11 is 0. The van der Waals surface area contributed by atoms with E-state index in [1.807, 2.05) is 55.5 Å². The SMILES string of the molecule is CCCCN1C/C=C\CCC(=O)N[C@@H](C)[C@H](c2ccccc2)OC(=O)[C@@H]2[C@H]3C(=O)N(CCCCCCO)[C@H](C1=O)[C@]31C=C[C@H]2O1. The Morgan fingerprint density at radius 1 is 0.978 bits per heavy atom. The first kappa shape index (κ1) is 32.9. The maximum Gasteiger partial charge on any atom is 0.313 e. The first-order valence-electron chi connectivity index (χ1n) is 16.6. The Morgan fingerprint density at radius 3 is 2.51 bits per heavy atom. The molecule has 0 unspecified atom stereocenters. The van der Waals surface area contributed by atoms with E-state index in [1.165, 1.54) is 0 Å². The van der Waals surface area contributed by atoms with Gasteiger partial charge in [0.05, 0.1) is 18.1 Å². The number of cyclic esters (lactones) is 1. The number of hydrogen-bond acceptors (Lipinski definition) is 7. The smallest absolute Gasteiger partial charge is 0.313 e. The van der Waals surface area contributed by atoms with Crippen LogP contribution in [0.25, 0.3) is 0 Å². The number of likely N-dealkylation sites (tertiary alicyclic amines) is 1. The molecule has 4 aliphatic rings. The highest BCUT2D eigenvalue weighted by Crippen LogP contribution is 2.56. The van der Waals surface area contributed by atoms with Crippen molar-refractivity contribution in [3.63, 3.8) is 0 Å². The van der Waals surface area contributed by atoms with Crippen molar-refractivity contribution in [3.8, 4) is 0 Å². The van der Waals surface area contributed by atoms with Gasteiger partial charge < -0.3 is 29.7 Å². The Bertz CT molecular complexity index is 1280. The average molecular weight is 622 g/mol. The Labute approximate surface area is 265 Å². The summed E-state index contributed by atoms with van der Waals surface area (Å²) in [4.78, 5) is 59.3. The summed E-state index contributed by atoms with van der Waals surface area (Å²) in [5.74, 6) is -3.03. The Morgan fingerprint density at radius 2 is 1.76 bits per heavy atom. The monoisotopic (exact) mass is 621 g/mol. The van der Waals surface area contributed by atoms with Crippen LogP contribution in [-0.4, -0.2) is 88.6 Å². The zero-order valence-corrected chi connectivity index (χ0v) is 26.4. The number of hydrogen-bond donors (Lipinski definition) is 2. The van der Waals surface area contributed by atoms with Gasteiger partial charge in [0.15, 0.2) is 0 Å². The molecule has 244 valence electrons. The van der Waals surface area contributed by atoms with Gasteiger partial charge in [0.2, 0.25) is 17.7 Å².